The molecule has 7 rings (SSSR count). The highest BCUT2D eigenvalue weighted by Crippen LogP contribution is 2.45. The molecule has 0 aliphatic carbocycles. The Morgan fingerprint density at radius 2 is 0.634 bits per heavy atom. The number of benzene rings is 7. The molecule has 0 aliphatic heterocycles. The average molecular weight is 954 g/mol. The fraction of sp³-hybridized carbons (Fsp3) is 0.311. The summed E-state index contributed by atoms with van der Waals surface area (Å²) >= 11 is 0. The molecule has 71 heavy (non-hydrogen) atoms. The van der Waals surface area contributed by atoms with E-state index in [9.17, 15) is 10.1 Å². The monoisotopic (exact) mass is 954 g/mol. The lowest BCUT2D eigenvalue weighted by Crippen LogP contribution is -2.36. The van der Waals surface area contributed by atoms with Gasteiger partial charge in [0.1, 0.15) is 17.2 Å². The van der Waals surface area contributed by atoms with E-state index in [0.717, 1.165) is 89.4 Å². The van der Waals surface area contributed by atoms with Crippen molar-refractivity contribution in [3.05, 3.63) is 179 Å². The topological polar surface area (TPSA) is 83.8 Å². The lowest BCUT2D eigenvalue weighted by molar-refractivity contribution is -0.540. The molecule has 0 atom stereocenters. The van der Waals surface area contributed by atoms with E-state index in [2.05, 4.69) is 129 Å². The maximum absolute atomic E-state index is 13.9. The summed E-state index contributed by atoms with van der Waals surface area (Å²) in [6, 6.07) is 53.3. The molecule has 0 spiro atoms. The first-order valence-electron chi connectivity index (χ1n) is 24.2. The third kappa shape index (κ3) is 11.7. The largest absolute Gasteiger partial charge is 0.758 e. The van der Waals surface area contributed by atoms with Crippen molar-refractivity contribution in [2.45, 2.75) is 105 Å². The van der Waals surface area contributed by atoms with E-state index in [0.29, 0.717) is 11.4 Å². The van der Waals surface area contributed by atoms with Crippen molar-refractivity contribution in [2.75, 3.05) is 41.1 Å². The van der Waals surface area contributed by atoms with E-state index in [4.69, 9.17) is 14.2 Å². The molecule has 0 aromatic heterocycles. The lowest BCUT2D eigenvalue weighted by atomic mass is 9.86. The van der Waals surface area contributed by atoms with Crippen molar-refractivity contribution < 1.29 is 19.0 Å². The number of hydrogen-bond acceptors (Lipinski definition) is 9. The predicted octanol–water partition coefficient (Wildman–Crippen LogP) is 17.0. The van der Waals surface area contributed by atoms with Crippen LogP contribution in [0.15, 0.2) is 158 Å². The Labute approximate surface area is 422 Å². The fourth-order valence-electron chi connectivity index (χ4n) is 8.36. The van der Waals surface area contributed by atoms with Crippen LogP contribution in [0.2, 0.25) is 0 Å². The summed E-state index contributed by atoms with van der Waals surface area (Å²) in [4.78, 5) is 20.5. The number of anilines is 10. The van der Waals surface area contributed by atoms with Crippen LogP contribution in [0, 0.1) is 10.1 Å². The van der Waals surface area contributed by atoms with Crippen LogP contribution in [0.1, 0.15) is 94.2 Å². The van der Waals surface area contributed by atoms with Crippen LogP contribution in [0.25, 0.3) is 0 Å². The van der Waals surface area contributed by atoms with Crippen molar-refractivity contribution in [1.29, 1.82) is 0 Å². The molecule has 0 fully saturated rings. The minimum Gasteiger partial charge on any atom is -0.758 e. The number of hydrogen-bond donors (Lipinski definition) is 0. The van der Waals surface area contributed by atoms with Gasteiger partial charge in [0.05, 0.1) is 27.0 Å². The zero-order chi connectivity index (χ0) is 51.6. The Kier molecular flexibility index (Phi) is 14.7. The van der Waals surface area contributed by atoms with Crippen molar-refractivity contribution in [3.8, 4) is 17.2 Å². The molecule has 0 aliphatic rings. The molecular formula is C61H71N5O5. The molecule has 0 unspecified atom stereocenters. The van der Waals surface area contributed by atoms with Crippen molar-refractivity contribution in [2.24, 2.45) is 0 Å². The number of methoxy groups -OCH3 is 3. The van der Waals surface area contributed by atoms with Crippen molar-refractivity contribution in [3.63, 3.8) is 0 Å². The van der Waals surface area contributed by atoms with Gasteiger partial charge in [-0.2, -0.15) is 0 Å². The first-order chi connectivity index (χ1) is 33.4. The van der Waals surface area contributed by atoms with Crippen LogP contribution < -0.4 is 34.0 Å². The highest BCUT2D eigenvalue weighted by molar-refractivity contribution is 5.85. The Morgan fingerprint density at radius 3 is 0.915 bits per heavy atom. The summed E-state index contributed by atoms with van der Waals surface area (Å²) in [6.45, 7) is 24.6. The molecule has 7 aromatic carbocycles. The molecule has 0 saturated carbocycles. The van der Waals surface area contributed by atoms with Crippen LogP contribution in [0.5, 0.6) is 17.2 Å². The lowest BCUT2D eigenvalue weighted by Gasteiger charge is -2.44. The van der Waals surface area contributed by atoms with Gasteiger partial charge in [-0.25, -0.2) is 0 Å². The van der Waals surface area contributed by atoms with E-state index >= 15 is 0 Å². The highest BCUT2D eigenvalue weighted by Gasteiger charge is 2.34. The first-order valence-corrected chi connectivity index (χ1v) is 24.2. The van der Waals surface area contributed by atoms with Gasteiger partial charge in [0.25, 0.3) is 5.69 Å². The summed E-state index contributed by atoms with van der Waals surface area (Å²) in [5, 5.41) is 15.0. The third-order valence-corrected chi connectivity index (χ3v) is 12.5. The Bertz CT molecular complexity index is 2920. The SMILES string of the molecule is COc1ccc(N(c2ccc(N(c3ccc(OC)cc3)c3cc(N([O-])C(C)(C)C)cc(C(C)(C)C)c3)cc2)c2ccc(N(c3ccc(OC)cc3)c3cc([N+](=O)C(C)(C)C)cc(C(C)(C)C)c3)cc2)cc1. The highest BCUT2D eigenvalue weighted by atomic mass is 16.5. The van der Waals surface area contributed by atoms with Crippen LogP contribution in [0.4, 0.5) is 62.6 Å². The van der Waals surface area contributed by atoms with Gasteiger partial charge < -0.3 is 39.2 Å². The molecule has 0 saturated heterocycles. The molecule has 370 valence electrons. The van der Waals surface area contributed by atoms with Crippen molar-refractivity contribution >= 4 is 62.6 Å². The summed E-state index contributed by atoms with van der Waals surface area (Å²) in [5.74, 6) is 2.25. The number of nitrogens with zero attached hydrogens (tertiary/aromatic N) is 5. The van der Waals surface area contributed by atoms with Gasteiger partial charge >= 0.3 is 0 Å². The average Bonchev–Trinajstić information content (AvgIpc) is 3.34. The fourth-order valence-corrected chi connectivity index (χ4v) is 8.36. The van der Waals surface area contributed by atoms with Gasteiger partial charge in [-0.05, 0) is 188 Å². The van der Waals surface area contributed by atoms with E-state index in [1.807, 2.05) is 126 Å². The summed E-state index contributed by atoms with van der Waals surface area (Å²) in [6.07, 6.45) is 0. The van der Waals surface area contributed by atoms with E-state index < -0.39 is 11.1 Å². The number of ether oxygens (including phenoxy) is 3. The zero-order valence-electron chi connectivity index (χ0n) is 44.3. The molecule has 0 N–H and O–H groups in total. The van der Waals surface area contributed by atoms with Crippen LogP contribution in [-0.2, 0) is 10.8 Å². The molecule has 0 radical (unpaired) electrons. The second-order valence-corrected chi connectivity index (χ2v) is 22.0. The number of hydroxylamine groups is 1. The number of rotatable bonds is 14. The van der Waals surface area contributed by atoms with Crippen LogP contribution in [-0.4, -0.2) is 37.2 Å². The quantitative estimate of drug-likeness (QED) is 0.0782. The van der Waals surface area contributed by atoms with Crippen LogP contribution >= 0.6 is 0 Å². The third-order valence-electron chi connectivity index (χ3n) is 12.5. The number of nitroso groups, excluding NO2 is 1. The second-order valence-electron chi connectivity index (χ2n) is 22.0. The van der Waals surface area contributed by atoms with Gasteiger partial charge in [0, 0.05) is 99.3 Å². The Morgan fingerprint density at radius 1 is 0.366 bits per heavy atom. The zero-order valence-corrected chi connectivity index (χ0v) is 44.3. The smallest absolute Gasteiger partial charge is 0.259 e. The van der Waals surface area contributed by atoms with Gasteiger partial charge in [0.15, 0.2) is 0 Å². The van der Waals surface area contributed by atoms with E-state index in [1.165, 1.54) is 0 Å². The second kappa shape index (κ2) is 20.2. The predicted molar refractivity (Wildman–Crippen MR) is 296 cm³/mol. The molecule has 10 heteroatoms. The van der Waals surface area contributed by atoms with Crippen molar-refractivity contribution in [1.82, 2.24) is 0 Å². The van der Waals surface area contributed by atoms with E-state index in [1.54, 1.807) is 21.3 Å². The van der Waals surface area contributed by atoms with Gasteiger partial charge in [-0.3, -0.25) is 0 Å². The summed E-state index contributed by atoms with van der Waals surface area (Å²) in [7, 11) is 5.00. The first kappa shape index (κ1) is 51.5. The molecule has 10 nitrogen and oxygen atoms in total. The van der Waals surface area contributed by atoms with Gasteiger partial charge in [0.2, 0.25) is 5.54 Å². The van der Waals surface area contributed by atoms with E-state index in [-0.39, 0.29) is 10.8 Å². The Hall–Kier alpha value is -7.30. The maximum Gasteiger partial charge on any atom is 0.259 e. The summed E-state index contributed by atoms with van der Waals surface area (Å²) in [5.41, 5.74) is 9.66. The molecule has 0 heterocycles. The minimum atomic E-state index is -0.649. The Balaban J connectivity index is 1.37. The summed E-state index contributed by atoms with van der Waals surface area (Å²) < 4.78 is 17.8. The standard InChI is InChI=1S/C61H71N5O5/c1-58(2,3)42-36-51(40-53(38-42)65(67)60(7,8)9)63(49-26-32-56(70-14)33-27-49)46-20-16-44(17-21-46)62(48-24-30-55(69-13)31-25-48)45-18-22-47(23-19-45)64(50-28-34-57(71-15)35-29-50)52-37-43(59(4,5)6)39-54(41-52)66(68)61(10,11)12/h16-41H,1-15H3. The normalized spacial score (nSPS) is 12.0. The minimum absolute atomic E-state index is 0.233. The molecule has 7 aromatic rings. The van der Waals surface area contributed by atoms with Crippen LogP contribution in [0.3, 0.4) is 0 Å². The molecular weight excluding hydrogens is 883 g/mol. The molecule has 0 amide bonds. The van der Waals surface area contributed by atoms with Gasteiger partial charge in [-0.1, -0.05) is 41.5 Å². The molecule has 0 bridgehead atoms. The maximum atomic E-state index is 13.9. The van der Waals surface area contributed by atoms with Gasteiger partial charge in [-0.15, -0.1) is 0 Å².